The summed E-state index contributed by atoms with van der Waals surface area (Å²) in [6.07, 6.45) is 7.34. The number of aryl methyl sites for hydroxylation is 1. The summed E-state index contributed by atoms with van der Waals surface area (Å²) >= 11 is 0. The van der Waals surface area contributed by atoms with E-state index in [1.54, 1.807) is 6.20 Å². The van der Waals surface area contributed by atoms with Gasteiger partial charge in [0, 0.05) is 12.4 Å². The minimum Gasteiger partial charge on any atom is -0.490 e. The second-order valence-electron chi connectivity index (χ2n) is 5.31. The van der Waals surface area contributed by atoms with E-state index in [1.807, 2.05) is 42.6 Å². The molecule has 3 nitrogen and oxygen atoms in total. The van der Waals surface area contributed by atoms with E-state index in [1.165, 1.54) is 0 Å². The van der Waals surface area contributed by atoms with E-state index in [-0.39, 0.29) is 0 Å². The van der Waals surface area contributed by atoms with Crippen LogP contribution in [0.15, 0.2) is 48.8 Å². The predicted molar refractivity (Wildman–Crippen MR) is 77.6 cm³/mol. The van der Waals surface area contributed by atoms with Gasteiger partial charge in [-0.3, -0.25) is 4.98 Å². The fourth-order valence-electron chi connectivity index (χ4n) is 2.19. The van der Waals surface area contributed by atoms with E-state index >= 15 is 0 Å². The first-order valence-corrected chi connectivity index (χ1v) is 7.15. The van der Waals surface area contributed by atoms with Gasteiger partial charge in [-0.1, -0.05) is 18.2 Å². The summed E-state index contributed by atoms with van der Waals surface area (Å²) in [6, 6.07) is 11.8. The first-order valence-electron chi connectivity index (χ1n) is 7.15. The topological polar surface area (TPSA) is 42.4 Å². The molecule has 1 atom stereocenters. The van der Waals surface area contributed by atoms with Crippen LogP contribution in [0.5, 0.6) is 5.75 Å². The number of hydrogen-bond acceptors (Lipinski definition) is 3. The minimum atomic E-state index is -0.460. The van der Waals surface area contributed by atoms with Gasteiger partial charge >= 0.3 is 0 Å². The molecule has 0 radical (unpaired) electrons. The number of rotatable bonds is 6. The molecule has 1 aliphatic rings. The number of aromatic nitrogens is 1. The fraction of sp³-hybridized carbons (Fsp3) is 0.353. The van der Waals surface area contributed by atoms with E-state index < -0.39 is 6.10 Å². The van der Waals surface area contributed by atoms with Crippen molar-refractivity contribution in [3.63, 3.8) is 0 Å². The summed E-state index contributed by atoms with van der Waals surface area (Å²) in [5, 5.41) is 10.3. The molecule has 1 saturated carbocycles. The Bertz CT molecular complexity index is 552. The average Bonchev–Trinajstić information content (AvgIpc) is 3.30. The number of aliphatic hydroxyl groups excluding tert-OH is 1. The highest BCUT2D eigenvalue weighted by atomic mass is 16.5. The van der Waals surface area contributed by atoms with E-state index in [2.05, 4.69) is 4.98 Å². The average molecular weight is 269 g/mol. The van der Waals surface area contributed by atoms with Gasteiger partial charge in [-0.15, -0.1) is 0 Å². The third kappa shape index (κ3) is 3.58. The molecular weight excluding hydrogens is 250 g/mol. The maximum Gasteiger partial charge on any atom is 0.120 e. The Morgan fingerprint density at radius 3 is 2.90 bits per heavy atom. The van der Waals surface area contributed by atoms with Crippen molar-refractivity contribution in [2.24, 2.45) is 0 Å². The van der Waals surface area contributed by atoms with Crippen molar-refractivity contribution in [1.82, 2.24) is 4.98 Å². The Morgan fingerprint density at radius 1 is 1.25 bits per heavy atom. The molecule has 0 amide bonds. The zero-order valence-electron chi connectivity index (χ0n) is 11.4. The first-order chi connectivity index (χ1) is 9.81. The number of pyridine rings is 1. The quantitative estimate of drug-likeness (QED) is 0.875. The van der Waals surface area contributed by atoms with Gasteiger partial charge in [0.15, 0.2) is 0 Å². The lowest BCUT2D eigenvalue weighted by Gasteiger charge is -2.12. The molecule has 0 bridgehead atoms. The maximum absolute atomic E-state index is 10.3. The molecular formula is C17H19NO2. The largest absolute Gasteiger partial charge is 0.490 e. The zero-order chi connectivity index (χ0) is 13.8. The molecule has 1 unspecified atom stereocenters. The maximum atomic E-state index is 10.3. The summed E-state index contributed by atoms with van der Waals surface area (Å²) in [6.45, 7) is 0. The van der Waals surface area contributed by atoms with E-state index in [0.717, 1.165) is 36.1 Å². The van der Waals surface area contributed by atoms with E-state index in [4.69, 9.17) is 4.74 Å². The highest BCUT2D eigenvalue weighted by molar-refractivity contribution is 5.30. The van der Waals surface area contributed by atoms with Gasteiger partial charge in [-0.2, -0.15) is 0 Å². The van der Waals surface area contributed by atoms with Crippen molar-refractivity contribution in [3.8, 4) is 5.75 Å². The monoisotopic (exact) mass is 269 g/mol. The van der Waals surface area contributed by atoms with Crippen LogP contribution < -0.4 is 4.74 Å². The molecule has 1 aromatic carbocycles. The lowest BCUT2D eigenvalue weighted by molar-refractivity contribution is 0.167. The molecule has 1 aliphatic carbocycles. The van der Waals surface area contributed by atoms with Crippen LogP contribution in [0, 0.1) is 0 Å². The molecule has 1 aromatic heterocycles. The number of benzene rings is 1. The van der Waals surface area contributed by atoms with Crippen LogP contribution in [0.25, 0.3) is 0 Å². The Balaban J connectivity index is 1.59. The van der Waals surface area contributed by atoms with Gasteiger partial charge in [0.25, 0.3) is 0 Å². The molecule has 3 heteroatoms. The van der Waals surface area contributed by atoms with Gasteiger partial charge in [0.2, 0.25) is 0 Å². The van der Waals surface area contributed by atoms with Crippen molar-refractivity contribution < 1.29 is 9.84 Å². The molecule has 3 rings (SSSR count). The molecule has 0 aliphatic heterocycles. The molecule has 2 aromatic rings. The number of aliphatic hydroxyl groups is 1. The van der Waals surface area contributed by atoms with Gasteiger partial charge in [-0.25, -0.2) is 0 Å². The summed E-state index contributed by atoms with van der Waals surface area (Å²) in [5.74, 6) is 0.866. The van der Waals surface area contributed by atoms with E-state index in [9.17, 15) is 5.11 Å². The van der Waals surface area contributed by atoms with Gasteiger partial charge in [0.05, 0.1) is 12.2 Å². The Hall–Kier alpha value is -1.87. The molecule has 1 fully saturated rings. The molecule has 1 heterocycles. The van der Waals surface area contributed by atoms with Crippen LogP contribution in [0.3, 0.4) is 0 Å². The smallest absolute Gasteiger partial charge is 0.120 e. The van der Waals surface area contributed by atoms with E-state index in [0.29, 0.717) is 12.5 Å². The third-order valence-electron chi connectivity index (χ3n) is 3.50. The fourth-order valence-corrected chi connectivity index (χ4v) is 2.19. The third-order valence-corrected chi connectivity index (χ3v) is 3.50. The first kappa shape index (κ1) is 13.1. The standard InChI is InChI=1S/C17H19NO2/c19-17(9-6-13-3-2-10-18-12-13)14-4-1-5-16(11-14)20-15-7-8-15/h1-5,10-12,15,17,19H,6-9H2. The van der Waals surface area contributed by atoms with Crippen LogP contribution in [0.2, 0.25) is 0 Å². The second-order valence-corrected chi connectivity index (χ2v) is 5.31. The van der Waals surface area contributed by atoms with Crippen LogP contribution in [0.1, 0.15) is 36.5 Å². The SMILES string of the molecule is OC(CCc1cccnc1)c1cccc(OC2CC2)c1. The van der Waals surface area contributed by atoms with Crippen molar-refractivity contribution in [1.29, 1.82) is 0 Å². The molecule has 0 spiro atoms. The predicted octanol–water partition coefficient (Wildman–Crippen LogP) is 3.29. The molecule has 1 N–H and O–H groups in total. The van der Waals surface area contributed by atoms with Gasteiger partial charge < -0.3 is 9.84 Å². The summed E-state index contributed by atoms with van der Waals surface area (Å²) < 4.78 is 5.76. The Labute approximate surface area is 119 Å². The Kier molecular flexibility index (Phi) is 3.97. The Morgan fingerprint density at radius 2 is 2.15 bits per heavy atom. The second kappa shape index (κ2) is 6.06. The van der Waals surface area contributed by atoms with Crippen molar-refractivity contribution in [2.75, 3.05) is 0 Å². The highest BCUT2D eigenvalue weighted by Gasteiger charge is 2.23. The zero-order valence-corrected chi connectivity index (χ0v) is 11.4. The minimum absolute atomic E-state index is 0.387. The molecule has 0 saturated heterocycles. The van der Waals surface area contributed by atoms with Crippen molar-refractivity contribution in [3.05, 3.63) is 59.9 Å². The normalized spacial score (nSPS) is 15.8. The summed E-state index contributed by atoms with van der Waals surface area (Å²) in [7, 11) is 0. The van der Waals surface area contributed by atoms with Crippen LogP contribution in [-0.2, 0) is 6.42 Å². The lowest BCUT2D eigenvalue weighted by Crippen LogP contribution is -2.01. The lowest BCUT2D eigenvalue weighted by atomic mass is 10.0. The number of hydrogen-bond donors (Lipinski definition) is 1. The number of nitrogens with zero attached hydrogens (tertiary/aromatic N) is 1. The van der Waals surface area contributed by atoms with Crippen LogP contribution >= 0.6 is 0 Å². The van der Waals surface area contributed by atoms with Gasteiger partial charge in [0.1, 0.15) is 5.75 Å². The van der Waals surface area contributed by atoms with Crippen molar-refractivity contribution >= 4 is 0 Å². The van der Waals surface area contributed by atoms with Gasteiger partial charge in [-0.05, 0) is 55.0 Å². The number of ether oxygens (including phenoxy) is 1. The molecule has 20 heavy (non-hydrogen) atoms. The molecule has 104 valence electrons. The summed E-state index contributed by atoms with van der Waals surface area (Å²) in [4.78, 5) is 4.09. The summed E-state index contributed by atoms with van der Waals surface area (Å²) in [5.41, 5.74) is 2.07. The van der Waals surface area contributed by atoms with Crippen molar-refractivity contribution in [2.45, 2.75) is 37.9 Å². The van der Waals surface area contributed by atoms with Crippen LogP contribution in [0.4, 0.5) is 0 Å². The highest BCUT2D eigenvalue weighted by Crippen LogP contribution is 2.29. The van der Waals surface area contributed by atoms with Crippen LogP contribution in [-0.4, -0.2) is 16.2 Å².